The fourth-order valence-electron chi connectivity index (χ4n) is 2.43. The fourth-order valence-corrected chi connectivity index (χ4v) is 2.43. The Morgan fingerprint density at radius 2 is 2.00 bits per heavy atom. The summed E-state index contributed by atoms with van der Waals surface area (Å²) in [5.74, 6) is 5.70. The van der Waals surface area contributed by atoms with Crippen LogP contribution in [0.1, 0.15) is 23.0 Å². The van der Waals surface area contributed by atoms with Crippen molar-refractivity contribution in [2.75, 3.05) is 0 Å². The van der Waals surface area contributed by atoms with Gasteiger partial charge in [-0.1, -0.05) is 18.2 Å². The maximum absolute atomic E-state index is 5.70. The Morgan fingerprint density at radius 1 is 1.20 bits per heavy atom. The van der Waals surface area contributed by atoms with Gasteiger partial charge in [-0.25, -0.2) is 5.43 Å². The van der Waals surface area contributed by atoms with Gasteiger partial charge >= 0.3 is 0 Å². The third kappa shape index (κ3) is 2.17. The van der Waals surface area contributed by atoms with Crippen molar-refractivity contribution in [3.05, 3.63) is 59.5 Å². The summed E-state index contributed by atoms with van der Waals surface area (Å²) in [6, 6.07) is 11.9. The van der Waals surface area contributed by atoms with Crippen molar-refractivity contribution in [2.45, 2.75) is 13.0 Å². The monoisotopic (exact) mass is 267 g/mol. The Balaban J connectivity index is 2.12. The number of hydrazine groups is 1. The lowest BCUT2D eigenvalue weighted by molar-refractivity contribution is 0.592. The first-order valence-corrected chi connectivity index (χ1v) is 6.51. The SMILES string of the molecule is Cc1cc(C(NN)c2ccn(C)n2)nc2ccccc12. The van der Waals surface area contributed by atoms with Crippen LogP contribution in [0.15, 0.2) is 42.6 Å². The Morgan fingerprint density at radius 3 is 2.70 bits per heavy atom. The lowest BCUT2D eigenvalue weighted by Crippen LogP contribution is -2.30. The van der Waals surface area contributed by atoms with E-state index in [2.05, 4.69) is 29.6 Å². The van der Waals surface area contributed by atoms with Crippen molar-refractivity contribution in [1.29, 1.82) is 0 Å². The van der Waals surface area contributed by atoms with Gasteiger partial charge in [-0.2, -0.15) is 5.10 Å². The standard InChI is InChI=1S/C15H17N5/c1-10-9-14(17-12-6-4-3-5-11(10)12)15(18-16)13-7-8-20(2)19-13/h3-9,15,18H,16H2,1-2H3. The molecular formula is C15H17N5. The summed E-state index contributed by atoms with van der Waals surface area (Å²) in [6.07, 6.45) is 1.90. The minimum Gasteiger partial charge on any atom is -0.275 e. The molecule has 102 valence electrons. The molecule has 5 heteroatoms. The largest absolute Gasteiger partial charge is 0.275 e. The van der Waals surface area contributed by atoms with E-state index in [-0.39, 0.29) is 6.04 Å². The molecule has 3 aromatic rings. The van der Waals surface area contributed by atoms with Crippen LogP contribution in [-0.4, -0.2) is 14.8 Å². The lowest BCUT2D eigenvalue weighted by Gasteiger charge is -2.15. The summed E-state index contributed by atoms with van der Waals surface area (Å²) in [5, 5.41) is 5.56. The number of hydrogen-bond donors (Lipinski definition) is 2. The Bertz CT molecular complexity index is 747. The van der Waals surface area contributed by atoms with Crippen LogP contribution in [-0.2, 0) is 7.05 Å². The molecule has 1 aromatic carbocycles. The van der Waals surface area contributed by atoms with E-state index in [1.165, 1.54) is 5.56 Å². The third-order valence-electron chi connectivity index (χ3n) is 3.44. The molecule has 3 N–H and O–H groups in total. The van der Waals surface area contributed by atoms with Crippen LogP contribution in [0.3, 0.4) is 0 Å². The summed E-state index contributed by atoms with van der Waals surface area (Å²) in [4.78, 5) is 4.70. The summed E-state index contributed by atoms with van der Waals surface area (Å²) in [6.45, 7) is 2.08. The van der Waals surface area contributed by atoms with E-state index in [1.807, 2.05) is 37.5 Å². The minimum atomic E-state index is -0.209. The Kier molecular flexibility index (Phi) is 3.22. The maximum Gasteiger partial charge on any atom is 0.107 e. The minimum absolute atomic E-state index is 0.209. The summed E-state index contributed by atoms with van der Waals surface area (Å²) >= 11 is 0. The van der Waals surface area contributed by atoms with E-state index in [0.717, 1.165) is 22.3 Å². The molecule has 0 saturated heterocycles. The third-order valence-corrected chi connectivity index (χ3v) is 3.44. The second-order valence-corrected chi connectivity index (χ2v) is 4.90. The van der Waals surface area contributed by atoms with Gasteiger partial charge < -0.3 is 0 Å². The molecule has 0 radical (unpaired) electrons. The van der Waals surface area contributed by atoms with Crippen molar-refractivity contribution in [3.63, 3.8) is 0 Å². The first kappa shape index (κ1) is 12.8. The molecule has 0 aliphatic rings. The Labute approximate surface area is 117 Å². The van der Waals surface area contributed by atoms with E-state index in [1.54, 1.807) is 4.68 Å². The van der Waals surface area contributed by atoms with Crippen molar-refractivity contribution in [1.82, 2.24) is 20.2 Å². The number of nitrogens with zero attached hydrogens (tertiary/aromatic N) is 3. The molecule has 0 aliphatic heterocycles. The zero-order chi connectivity index (χ0) is 14.1. The van der Waals surface area contributed by atoms with Crippen molar-refractivity contribution in [2.24, 2.45) is 12.9 Å². The van der Waals surface area contributed by atoms with Crippen LogP contribution in [0.4, 0.5) is 0 Å². The van der Waals surface area contributed by atoms with Crippen LogP contribution in [0, 0.1) is 6.92 Å². The van der Waals surface area contributed by atoms with E-state index >= 15 is 0 Å². The number of rotatable bonds is 3. The smallest absolute Gasteiger partial charge is 0.107 e. The van der Waals surface area contributed by atoms with Crippen LogP contribution in [0.25, 0.3) is 10.9 Å². The topological polar surface area (TPSA) is 68.8 Å². The summed E-state index contributed by atoms with van der Waals surface area (Å²) in [7, 11) is 1.89. The number of aromatic nitrogens is 3. The molecule has 1 unspecified atom stereocenters. The molecule has 1 atom stereocenters. The van der Waals surface area contributed by atoms with Gasteiger partial charge in [0.25, 0.3) is 0 Å². The zero-order valence-corrected chi connectivity index (χ0v) is 11.5. The highest BCUT2D eigenvalue weighted by atomic mass is 15.3. The van der Waals surface area contributed by atoms with Gasteiger partial charge in [-0.05, 0) is 30.7 Å². The first-order chi connectivity index (χ1) is 9.69. The summed E-state index contributed by atoms with van der Waals surface area (Å²) in [5.41, 5.74) is 6.69. The van der Waals surface area contributed by atoms with Gasteiger partial charge in [0.15, 0.2) is 0 Å². The molecule has 0 amide bonds. The van der Waals surface area contributed by atoms with Crippen LogP contribution < -0.4 is 11.3 Å². The number of pyridine rings is 1. The molecule has 0 spiro atoms. The second kappa shape index (κ2) is 5.03. The number of fused-ring (bicyclic) bond motifs is 1. The molecule has 0 aliphatic carbocycles. The van der Waals surface area contributed by atoms with Crippen molar-refractivity contribution in [3.8, 4) is 0 Å². The van der Waals surface area contributed by atoms with Gasteiger partial charge in [-0.15, -0.1) is 0 Å². The average molecular weight is 267 g/mol. The molecular weight excluding hydrogens is 250 g/mol. The first-order valence-electron chi connectivity index (χ1n) is 6.51. The molecule has 20 heavy (non-hydrogen) atoms. The van der Waals surface area contributed by atoms with E-state index in [9.17, 15) is 0 Å². The average Bonchev–Trinajstić information content (AvgIpc) is 2.86. The lowest BCUT2D eigenvalue weighted by atomic mass is 10.0. The summed E-state index contributed by atoms with van der Waals surface area (Å²) < 4.78 is 1.76. The number of para-hydroxylation sites is 1. The highest BCUT2D eigenvalue weighted by Crippen LogP contribution is 2.23. The van der Waals surface area contributed by atoms with E-state index in [0.29, 0.717) is 0 Å². The van der Waals surface area contributed by atoms with Gasteiger partial charge in [0.1, 0.15) is 6.04 Å². The predicted octanol–water partition coefficient (Wildman–Crippen LogP) is 1.83. The molecule has 0 fully saturated rings. The number of nitrogens with two attached hydrogens (primary N) is 1. The van der Waals surface area contributed by atoms with Crippen LogP contribution in [0.5, 0.6) is 0 Å². The number of hydrogen-bond acceptors (Lipinski definition) is 4. The molecule has 2 aromatic heterocycles. The maximum atomic E-state index is 5.70. The van der Waals surface area contributed by atoms with Gasteiger partial charge in [-0.3, -0.25) is 15.5 Å². The van der Waals surface area contributed by atoms with Gasteiger partial charge in [0, 0.05) is 18.6 Å². The Hall–Kier alpha value is -2.24. The van der Waals surface area contributed by atoms with Crippen LogP contribution in [0.2, 0.25) is 0 Å². The predicted molar refractivity (Wildman–Crippen MR) is 78.9 cm³/mol. The fraction of sp³-hybridized carbons (Fsp3) is 0.200. The molecule has 0 saturated carbocycles. The number of benzene rings is 1. The van der Waals surface area contributed by atoms with Crippen molar-refractivity contribution < 1.29 is 0 Å². The second-order valence-electron chi connectivity index (χ2n) is 4.90. The van der Waals surface area contributed by atoms with E-state index in [4.69, 9.17) is 10.8 Å². The van der Waals surface area contributed by atoms with Gasteiger partial charge in [0.2, 0.25) is 0 Å². The molecule has 5 nitrogen and oxygen atoms in total. The molecule has 3 rings (SSSR count). The highest BCUT2D eigenvalue weighted by molar-refractivity contribution is 5.82. The van der Waals surface area contributed by atoms with E-state index < -0.39 is 0 Å². The molecule has 0 bridgehead atoms. The number of nitrogens with one attached hydrogen (secondary N) is 1. The number of aryl methyl sites for hydroxylation is 2. The zero-order valence-electron chi connectivity index (χ0n) is 11.5. The molecule has 2 heterocycles. The van der Waals surface area contributed by atoms with Gasteiger partial charge in [0.05, 0.1) is 16.9 Å². The highest BCUT2D eigenvalue weighted by Gasteiger charge is 2.17. The van der Waals surface area contributed by atoms with Crippen LogP contribution >= 0.6 is 0 Å². The normalized spacial score (nSPS) is 12.8. The quantitative estimate of drug-likeness (QED) is 0.561. The van der Waals surface area contributed by atoms with Crippen molar-refractivity contribution >= 4 is 10.9 Å².